The van der Waals surface area contributed by atoms with Gasteiger partial charge in [-0.3, -0.25) is 4.79 Å². The van der Waals surface area contributed by atoms with Crippen molar-refractivity contribution in [2.24, 2.45) is 0 Å². The molecule has 2 N–H and O–H groups in total. The van der Waals surface area contributed by atoms with E-state index in [4.69, 9.17) is 5.11 Å². The number of hydrogen-bond donors (Lipinski definition) is 2. The number of imidazole rings is 1. The number of carboxylic acid groups (broad SMARTS) is 1. The number of hydrogen-bond acceptors (Lipinski definition) is 2. The zero-order valence-corrected chi connectivity index (χ0v) is 8.37. The summed E-state index contributed by atoms with van der Waals surface area (Å²) in [5.74, 6) is 0.176. The van der Waals surface area contributed by atoms with Crippen molar-refractivity contribution in [1.82, 2.24) is 9.97 Å². The average Bonchev–Trinajstić information content (AvgIpc) is 2.89. The van der Waals surface area contributed by atoms with Gasteiger partial charge >= 0.3 is 5.97 Å². The maximum absolute atomic E-state index is 10.8. The summed E-state index contributed by atoms with van der Waals surface area (Å²) in [6.45, 7) is 3.55. The Labute approximate surface area is 82.4 Å². The highest BCUT2D eigenvalue weighted by Gasteiger charge is 2.29. The molecule has 0 spiro atoms. The lowest BCUT2D eigenvalue weighted by Crippen LogP contribution is -2.09. The van der Waals surface area contributed by atoms with E-state index in [1.54, 1.807) is 6.92 Å². The molecule has 1 aromatic heterocycles. The number of aromatic nitrogens is 2. The van der Waals surface area contributed by atoms with Crippen LogP contribution in [0.4, 0.5) is 0 Å². The zero-order chi connectivity index (χ0) is 10.3. The van der Waals surface area contributed by atoms with Crippen molar-refractivity contribution in [3.05, 3.63) is 17.2 Å². The van der Waals surface area contributed by atoms with E-state index in [1.165, 1.54) is 12.8 Å². The number of aryl methyl sites for hydroxylation is 1. The predicted octanol–water partition coefficient (Wildman–Crippen LogP) is 1.78. The molecule has 1 unspecified atom stereocenters. The Kier molecular flexibility index (Phi) is 2.06. The molecule has 4 heteroatoms. The predicted molar refractivity (Wildman–Crippen MR) is 51.4 cm³/mol. The third kappa shape index (κ3) is 1.52. The normalized spacial score (nSPS) is 18.1. The van der Waals surface area contributed by atoms with Crippen molar-refractivity contribution in [1.29, 1.82) is 0 Å². The molecule has 1 fully saturated rings. The van der Waals surface area contributed by atoms with Gasteiger partial charge in [0.2, 0.25) is 0 Å². The molecule has 1 saturated carbocycles. The van der Waals surface area contributed by atoms with E-state index in [-0.39, 0.29) is 0 Å². The smallest absolute Gasteiger partial charge is 0.312 e. The quantitative estimate of drug-likeness (QED) is 0.770. The molecular weight excluding hydrogens is 180 g/mol. The maximum Gasteiger partial charge on any atom is 0.312 e. The monoisotopic (exact) mass is 194 g/mol. The Bertz CT molecular complexity index is 366. The maximum atomic E-state index is 10.8. The molecular formula is C10H14N2O2. The summed E-state index contributed by atoms with van der Waals surface area (Å²) in [5.41, 5.74) is 1.57. The minimum Gasteiger partial charge on any atom is -0.481 e. The molecule has 1 aliphatic rings. The summed E-state index contributed by atoms with van der Waals surface area (Å²) >= 11 is 0. The third-order valence-electron chi connectivity index (χ3n) is 2.69. The number of nitrogens with zero attached hydrogens (tertiary/aromatic N) is 1. The second kappa shape index (κ2) is 3.12. The first kappa shape index (κ1) is 9.24. The summed E-state index contributed by atoms with van der Waals surface area (Å²) in [7, 11) is 0. The largest absolute Gasteiger partial charge is 0.481 e. The van der Waals surface area contributed by atoms with E-state index in [0.717, 1.165) is 11.5 Å². The first-order valence-corrected chi connectivity index (χ1v) is 4.88. The molecule has 0 radical (unpaired) electrons. The first-order chi connectivity index (χ1) is 6.59. The highest BCUT2D eigenvalue weighted by Crippen LogP contribution is 2.39. The van der Waals surface area contributed by atoms with Crippen LogP contribution in [-0.2, 0) is 4.79 Å². The first-order valence-electron chi connectivity index (χ1n) is 4.88. The van der Waals surface area contributed by atoms with Crippen LogP contribution < -0.4 is 0 Å². The Hall–Kier alpha value is -1.32. The van der Waals surface area contributed by atoms with Crippen LogP contribution in [0.15, 0.2) is 0 Å². The number of H-pyrrole nitrogens is 1. The number of carbonyl (C=O) groups is 1. The van der Waals surface area contributed by atoms with Crippen molar-refractivity contribution in [3.8, 4) is 0 Å². The number of nitrogens with one attached hydrogen (secondary N) is 1. The zero-order valence-electron chi connectivity index (χ0n) is 8.37. The molecule has 0 amide bonds. The van der Waals surface area contributed by atoms with Crippen LogP contribution in [0.5, 0.6) is 0 Å². The summed E-state index contributed by atoms with van der Waals surface area (Å²) in [6.07, 6.45) is 2.35. The highest BCUT2D eigenvalue weighted by atomic mass is 16.4. The SMILES string of the molecule is Cc1[nH]c(C2CC2)nc1C(C)C(=O)O. The van der Waals surface area contributed by atoms with Crippen molar-refractivity contribution in [3.63, 3.8) is 0 Å². The molecule has 1 heterocycles. The fourth-order valence-corrected chi connectivity index (χ4v) is 1.59. The lowest BCUT2D eigenvalue weighted by Gasteiger charge is -2.02. The van der Waals surface area contributed by atoms with Crippen molar-refractivity contribution in [2.75, 3.05) is 0 Å². The second-order valence-electron chi connectivity index (χ2n) is 3.97. The van der Waals surface area contributed by atoms with Crippen molar-refractivity contribution < 1.29 is 9.90 Å². The van der Waals surface area contributed by atoms with Gasteiger partial charge in [0.15, 0.2) is 0 Å². The van der Waals surface area contributed by atoms with Gasteiger partial charge in [0, 0.05) is 11.6 Å². The van der Waals surface area contributed by atoms with Crippen LogP contribution in [0.3, 0.4) is 0 Å². The van der Waals surface area contributed by atoms with Gasteiger partial charge in [-0.25, -0.2) is 4.98 Å². The van der Waals surface area contributed by atoms with Gasteiger partial charge in [0.1, 0.15) is 5.82 Å². The number of rotatable bonds is 3. The van der Waals surface area contributed by atoms with Crippen LogP contribution in [0.1, 0.15) is 48.8 Å². The van der Waals surface area contributed by atoms with Gasteiger partial charge in [-0.05, 0) is 26.7 Å². The summed E-state index contributed by atoms with van der Waals surface area (Å²) in [6, 6.07) is 0. The minimum absolute atomic E-state index is 0.515. The lowest BCUT2D eigenvalue weighted by atomic mass is 10.1. The molecule has 76 valence electrons. The van der Waals surface area contributed by atoms with E-state index in [1.807, 2.05) is 6.92 Å². The summed E-state index contributed by atoms with van der Waals surface area (Å²) in [4.78, 5) is 18.3. The molecule has 1 aliphatic carbocycles. The standard InChI is InChI=1S/C10H14N2O2/c1-5(10(13)14)8-6(2)11-9(12-8)7-3-4-7/h5,7H,3-4H2,1-2H3,(H,11,12)(H,13,14). The minimum atomic E-state index is -0.818. The van der Waals surface area contributed by atoms with Crippen LogP contribution in [-0.4, -0.2) is 21.0 Å². The van der Waals surface area contributed by atoms with Crippen LogP contribution in [0.2, 0.25) is 0 Å². The van der Waals surface area contributed by atoms with Crippen LogP contribution in [0, 0.1) is 6.92 Å². The highest BCUT2D eigenvalue weighted by molar-refractivity contribution is 5.75. The second-order valence-corrected chi connectivity index (χ2v) is 3.97. The molecule has 2 rings (SSSR count). The van der Waals surface area contributed by atoms with Gasteiger partial charge in [-0.15, -0.1) is 0 Å². The lowest BCUT2D eigenvalue weighted by molar-refractivity contribution is -0.138. The fourth-order valence-electron chi connectivity index (χ4n) is 1.59. The average molecular weight is 194 g/mol. The summed E-state index contributed by atoms with van der Waals surface area (Å²) in [5, 5.41) is 8.87. The van der Waals surface area contributed by atoms with Crippen LogP contribution in [0.25, 0.3) is 0 Å². The molecule has 1 atom stereocenters. The Morgan fingerprint density at radius 2 is 2.29 bits per heavy atom. The molecule has 1 aromatic rings. The number of aliphatic carboxylic acids is 1. The van der Waals surface area contributed by atoms with Gasteiger partial charge in [0.25, 0.3) is 0 Å². The van der Waals surface area contributed by atoms with E-state index < -0.39 is 11.9 Å². The molecule has 0 bridgehead atoms. The van der Waals surface area contributed by atoms with E-state index in [9.17, 15) is 4.79 Å². The van der Waals surface area contributed by atoms with E-state index >= 15 is 0 Å². The van der Waals surface area contributed by atoms with Gasteiger partial charge in [0.05, 0.1) is 11.6 Å². The van der Waals surface area contributed by atoms with Gasteiger partial charge in [-0.2, -0.15) is 0 Å². The number of aromatic amines is 1. The Morgan fingerprint density at radius 1 is 1.64 bits per heavy atom. The summed E-state index contributed by atoms with van der Waals surface area (Å²) < 4.78 is 0. The van der Waals surface area contributed by atoms with Crippen LogP contribution >= 0.6 is 0 Å². The van der Waals surface area contributed by atoms with E-state index in [2.05, 4.69) is 9.97 Å². The third-order valence-corrected chi connectivity index (χ3v) is 2.69. The topological polar surface area (TPSA) is 66.0 Å². The Morgan fingerprint density at radius 3 is 2.79 bits per heavy atom. The van der Waals surface area contributed by atoms with E-state index in [0.29, 0.717) is 11.6 Å². The Balaban J connectivity index is 2.28. The molecule has 0 aromatic carbocycles. The van der Waals surface area contributed by atoms with Crippen molar-refractivity contribution in [2.45, 2.75) is 38.5 Å². The van der Waals surface area contributed by atoms with Gasteiger partial charge in [-0.1, -0.05) is 0 Å². The van der Waals surface area contributed by atoms with Crippen molar-refractivity contribution >= 4 is 5.97 Å². The molecule has 0 aliphatic heterocycles. The molecule has 0 saturated heterocycles. The molecule has 14 heavy (non-hydrogen) atoms. The fraction of sp³-hybridized carbons (Fsp3) is 0.600. The molecule has 4 nitrogen and oxygen atoms in total. The van der Waals surface area contributed by atoms with Gasteiger partial charge < -0.3 is 10.1 Å². The number of carboxylic acids is 1.